The van der Waals surface area contributed by atoms with Crippen molar-refractivity contribution in [2.24, 2.45) is 0 Å². The van der Waals surface area contributed by atoms with Crippen molar-refractivity contribution in [1.82, 2.24) is 19.8 Å². The van der Waals surface area contributed by atoms with Crippen LogP contribution in [0.4, 0.5) is 10.2 Å². The van der Waals surface area contributed by atoms with E-state index in [1.54, 1.807) is 23.1 Å². The minimum Gasteiger partial charge on any atom is -0.462 e. The number of fused-ring (bicyclic) bond motifs is 2. The molecular weight excluding hydrogens is 602 g/mol. The molecule has 0 unspecified atom stereocenters. The lowest BCUT2D eigenvalue weighted by molar-refractivity contribution is -0.128. The topological polar surface area (TPSA) is 66.2 Å². The number of halogens is 3. The maximum Gasteiger partial charge on any atom is 0.319 e. The summed E-state index contributed by atoms with van der Waals surface area (Å²) in [7, 11) is 2.05. The van der Waals surface area contributed by atoms with Gasteiger partial charge in [0.1, 0.15) is 24.0 Å². The molecule has 8 nitrogen and oxygen atoms in total. The molecule has 0 saturated carbocycles. The van der Waals surface area contributed by atoms with Gasteiger partial charge >= 0.3 is 6.01 Å². The van der Waals surface area contributed by atoms with Crippen molar-refractivity contribution in [2.45, 2.75) is 24.9 Å². The molecule has 226 valence electrons. The number of carbonyl (C=O) groups is 1. The minimum atomic E-state index is -0.607. The Morgan fingerprint density at radius 2 is 1.95 bits per heavy atom. The van der Waals surface area contributed by atoms with E-state index < -0.39 is 11.9 Å². The average molecular weight is 634 g/mol. The van der Waals surface area contributed by atoms with E-state index in [0.29, 0.717) is 53.4 Å². The van der Waals surface area contributed by atoms with Crippen LogP contribution in [-0.2, 0) is 4.79 Å². The molecule has 6 rings (SSSR count). The number of likely N-dealkylation sites (tertiary alicyclic amines) is 1. The highest BCUT2D eigenvalue weighted by Crippen LogP contribution is 2.43. The fourth-order valence-corrected chi connectivity index (χ4v) is 6.87. The normalized spacial score (nSPS) is 19.0. The summed E-state index contributed by atoms with van der Waals surface area (Å²) < 4.78 is 22.9. The van der Waals surface area contributed by atoms with Crippen molar-refractivity contribution < 1.29 is 13.9 Å². The van der Waals surface area contributed by atoms with E-state index in [-0.39, 0.29) is 40.6 Å². The molecular formula is C33H31Cl2FN6O2. The number of hydrogen-bond acceptors (Lipinski definition) is 6. The standard InChI is InChI=1S/C33H31Cl2FN6O2/c1-4-27(43)42-15-14-41(18-22(42)17-37-2)32-24-16-26(35)29(23-11-5-8-20-9-6-12-25(34)28(20)23)30(36)31(24)38-33(39-32)44-19-21-10-7-13-40(21)3/h4-6,8-9,11-12,16,21-22H,1,7,10,13-15,17-19H2,3H3/t21-,22-/m0/s1. The molecule has 11 heteroatoms. The van der Waals surface area contributed by atoms with Crippen LogP contribution in [-0.4, -0.2) is 84.1 Å². The third kappa shape index (κ3) is 5.54. The Morgan fingerprint density at radius 1 is 1.16 bits per heavy atom. The van der Waals surface area contributed by atoms with Crippen LogP contribution >= 0.6 is 23.2 Å². The highest BCUT2D eigenvalue weighted by Gasteiger charge is 2.34. The largest absolute Gasteiger partial charge is 0.462 e. The fourth-order valence-electron chi connectivity index (χ4n) is 6.29. The molecule has 2 fully saturated rings. The second-order valence-electron chi connectivity index (χ2n) is 11.2. The van der Waals surface area contributed by atoms with E-state index in [0.717, 1.165) is 24.8 Å². The molecule has 2 atom stereocenters. The number of nitrogens with zero attached hydrogens (tertiary/aromatic N) is 6. The van der Waals surface area contributed by atoms with E-state index in [1.807, 2.05) is 29.2 Å². The number of ether oxygens (including phenoxy) is 1. The average Bonchev–Trinajstić information content (AvgIpc) is 3.44. The molecule has 3 aromatic carbocycles. The first-order valence-electron chi connectivity index (χ1n) is 14.5. The van der Waals surface area contributed by atoms with Crippen molar-refractivity contribution in [1.29, 1.82) is 0 Å². The quantitative estimate of drug-likeness (QED) is 0.171. The van der Waals surface area contributed by atoms with Crippen molar-refractivity contribution in [3.05, 3.63) is 82.4 Å². The molecule has 0 N–H and O–H groups in total. The Labute approximate surface area is 265 Å². The summed E-state index contributed by atoms with van der Waals surface area (Å²) in [6.07, 6.45) is 3.33. The van der Waals surface area contributed by atoms with E-state index in [2.05, 4.69) is 28.4 Å². The lowest BCUT2D eigenvalue weighted by Gasteiger charge is -2.39. The van der Waals surface area contributed by atoms with Gasteiger partial charge in [0.15, 0.2) is 5.82 Å². The molecule has 2 aliphatic heterocycles. The zero-order valence-corrected chi connectivity index (χ0v) is 25.8. The molecule has 1 amide bonds. The van der Waals surface area contributed by atoms with E-state index >= 15 is 4.39 Å². The third-order valence-electron chi connectivity index (χ3n) is 8.58. The minimum absolute atomic E-state index is 0.0576. The molecule has 0 aliphatic carbocycles. The Morgan fingerprint density at radius 3 is 2.68 bits per heavy atom. The Hall–Kier alpha value is -3.97. The number of piperazine rings is 1. The number of rotatable bonds is 7. The van der Waals surface area contributed by atoms with Gasteiger partial charge in [-0.3, -0.25) is 4.79 Å². The van der Waals surface area contributed by atoms with Crippen LogP contribution in [0.1, 0.15) is 12.8 Å². The maximum atomic E-state index is 16.8. The second kappa shape index (κ2) is 12.6. The van der Waals surface area contributed by atoms with Gasteiger partial charge in [0.05, 0.1) is 5.02 Å². The van der Waals surface area contributed by atoms with E-state index in [9.17, 15) is 4.79 Å². The van der Waals surface area contributed by atoms with Crippen LogP contribution in [0.25, 0.3) is 37.6 Å². The summed E-state index contributed by atoms with van der Waals surface area (Å²) >= 11 is 13.5. The van der Waals surface area contributed by atoms with Crippen LogP contribution < -0.4 is 9.64 Å². The molecule has 0 radical (unpaired) electrons. The van der Waals surface area contributed by atoms with Crippen LogP contribution in [0.3, 0.4) is 0 Å². The van der Waals surface area contributed by atoms with Gasteiger partial charge in [-0.05, 0) is 55.6 Å². The van der Waals surface area contributed by atoms with Gasteiger partial charge in [-0.15, -0.1) is 0 Å². The number of amides is 1. The Bertz CT molecular complexity index is 1810. The smallest absolute Gasteiger partial charge is 0.319 e. The van der Waals surface area contributed by atoms with Crippen molar-refractivity contribution in [2.75, 3.05) is 51.3 Å². The fraction of sp³-hybridized carbons (Fsp3) is 0.333. The van der Waals surface area contributed by atoms with Gasteiger partial charge in [-0.25, -0.2) is 11.0 Å². The van der Waals surface area contributed by atoms with Crippen LogP contribution in [0, 0.1) is 12.4 Å². The SMILES string of the molecule is [C-]#[N+]C[C@H]1CN(c2nc(OC[C@@H]3CCCN3C)nc3c(F)c(-c4cccc5cccc(Cl)c45)c(Cl)cc23)CCN1C(=O)C=C. The summed E-state index contributed by atoms with van der Waals surface area (Å²) in [5.74, 6) is -0.402. The van der Waals surface area contributed by atoms with Crippen LogP contribution in [0.2, 0.25) is 10.0 Å². The molecule has 2 aliphatic rings. The predicted octanol–water partition coefficient (Wildman–Crippen LogP) is 6.49. The third-order valence-corrected chi connectivity index (χ3v) is 9.20. The summed E-state index contributed by atoms with van der Waals surface area (Å²) in [6, 6.07) is 12.6. The van der Waals surface area contributed by atoms with Crippen LogP contribution in [0.5, 0.6) is 6.01 Å². The number of likely N-dealkylation sites (N-methyl/N-ethyl adjacent to an activating group) is 1. The number of benzene rings is 3. The zero-order valence-electron chi connectivity index (χ0n) is 24.3. The van der Waals surface area contributed by atoms with Crippen molar-refractivity contribution >= 4 is 56.6 Å². The first-order chi connectivity index (χ1) is 21.3. The van der Waals surface area contributed by atoms with Gasteiger partial charge in [0.2, 0.25) is 12.5 Å². The molecule has 0 bridgehead atoms. The Balaban J connectivity index is 1.49. The number of anilines is 1. The number of aromatic nitrogens is 2. The Kier molecular flexibility index (Phi) is 8.59. The number of carbonyl (C=O) groups excluding carboxylic acids is 1. The first kappa shape index (κ1) is 30.1. The van der Waals surface area contributed by atoms with Gasteiger partial charge in [0, 0.05) is 47.0 Å². The lowest BCUT2D eigenvalue weighted by Crippen LogP contribution is -2.56. The summed E-state index contributed by atoms with van der Waals surface area (Å²) in [5.41, 5.74) is 0.817. The highest BCUT2D eigenvalue weighted by atomic mass is 35.5. The van der Waals surface area contributed by atoms with Crippen molar-refractivity contribution in [3.8, 4) is 17.1 Å². The summed E-state index contributed by atoms with van der Waals surface area (Å²) in [5, 5.41) is 2.64. The zero-order chi connectivity index (χ0) is 31.0. The number of hydrogen-bond donors (Lipinski definition) is 0. The molecule has 4 aromatic rings. The molecule has 1 aromatic heterocycles. The lowest BCUT2D eigenvalue weighted by atomic mass is 9.96. The predicted molar refractivity (Wildman–Crippen MR) is 173 cm³/mol. The van der Waals surface area contributed by atoms with Gasteiger partial charge in [0.25, 0.3) is 0 Å². The van der Waals surface area contributed by atoms with E-state index in [4.69, 9.17) is 39.5 Å². The van der Waals surface area contributed by atoms with Gasteiger partial charge < -0.3 is 24.3 Å². The first-order valence-corrected chi connectivity index (χ1v) is 15.3. The van der Waals surface area contributed by atoms with Gasteiger partial charge in [-0.2, -0.15) is 9.97 Å². The van der Waals surface area contributed by atoms with Crippen molar-refractivity contribution in [3.63, 3.8) is 0 Å². The van der Waals surface area contributed by atoms with Gasteiger partial charge in [-0.1, -0.05) is 60.1 Å². The highest BCUT2D eigenvalue weighted by molar-refractivity contribution is 6.38. The van der Waals surface area contributed by atoms with Crippen LogP contribution in [0.15, 0.2) is 55.1 Å². The summed E-state index contributed by atoms with van der Waals surface area (Å²) in [4.78, 5) is 31.3. The maximum absolute atomic E-state index is 16.8. The second-order valence-corrected chi connectivity index (χ2v) is 12.0. The van der Waals surface area contributed by atoms with E-state index in [1.165, 1.54) is 6.08 Å². The molecule has 0 spiro atoms. The molecule has 3 heterocycles. The summed E-state index contributed by atoms with van der Waals surface area (Å²) in [6.45, 7) is 13.6. The molecule has 2 saturated heterocycles. The monoisotopic (exact) mass is 632 g/mol. The molecule has 44 heavy (non-hydrogen) atoms.